The van der Waals surface area contributed by atoms with Crippen molar-refractivity contribution in [3.8, 4) is 11.1 Å². The Labute approximate surface area is 147 Å². The van der Waals surface area contributed by atoms with E-state index < -0.39 is 0 Å². The fraction of sp³-hybridized carbons (Fsp3) is 0.316. The molecule has 0 saturated carbocycles. The van der Waals surface area contributed by atoms with Crippen LogP contribution in [0.25, 0.3) is 11.1 Å². The molecule has 0 radical (unpaired) electrons. The highest BCUT2D eigenvalue weighted by Crippen LogP contribution is 2.21. The largest absolute Gasteiger partial charge is 0.399 e. The molecule has 6 heteroatoms. The van der Waals surface area contributed by atoms with Crippen LogP contribution in [0.2, 0.25) is 0 Å². The van der Waals surface area contributed by atoms with Gasteiger partial charge < -0.3 is 16.0 Å². The fourth-order valence-corrected chi connectivity index (χ4v) is 2.95. The number of rotatable bonds is 6. The van der Waals surface area contributed by atoms with E-state index in [-0.39, 0.29) is 11.8 Å². The molecule has 3 N–H and O–H groups in total. The highest BCUT2D eigenvalue weighted by molar-refractivity contribution is 5.95. The number of nitrogens with one attached hydrogen (secondary N) is 1. The van der Waals surface area contributed by atoms with Crippen LogP contribution in [0.15, 0.2) is 42.7 Å². The quantitative estimate of drug-likeness (QED) is 0.623. The zero-order valence-electron chi connectivity index (χ0n) is 14.1. The Bertz CT molecular complexity index is 776. The van der Waals surface area contributed by atoms with Gasteiger partial charge in [-0.15, -0.1) is 0 Å². The van der Waals surface area contributed by atoms with Gasteiger partial charge in [-0.25, -0.2) is 0 Å². The van der Waals surface area contributed by atoms with Gasteiger partial charge in [-0.3, -0.25) is 14.6 Å². The smallest absolute Gasteiger partial charge is 0.252 e. The molecule has 3 rings (SSSR count). The van der Waals surface area contributed by atoms with Crippen molar-refractivity contribution < 1.29 is 9.59 Å². The number of benzene rings is 1. The molecule has 1 aromatic carbocycles. The Kier molecular flexibility index (Phi) is 5.28. The van der Waals surface area contributed by atoms with Crippen molar-refractivity contribution in [1.29, 1.82) is 0 Å². The molecule has 0 spiro atoms. The monoisotopic (exact) mass is 338 g/mol. The molecule has 1 aliphatic rings. The van der Waals surface area contributed by atoms with E-state index in [9.17, 15) is 9.59 Å². The number of nitrogens with zero attached hydrogens (tertiary/aromatic N) is 2. The molecule has 2 amide bonds. The molecule has 0 bridgehead atoms. The highest BCUT2D eigenvalue weighted by atomic mass is 16.2. The number of hydrogen-bond acceptors (Lipinski definition) is 4. The summed E-state index contributed by atoms with van der Waals surface area (Å²) in [5.41, 5.74) is 8.77. The topological polar surface area (TPSA) is 88.3 Å². The van der Waals surface area contributed by atoms with Crippen LogP contribution in [0.5, 0.6) is 0 Å². The van der Waals surface area contributed by atoms with Crippen LogP contribution in [0, 0.1) is 0 Å². The second kappa shape index (κ2) is 7.79. The molecule has 0 atom stereocenters. The minimum atomic E-state index is -0.161. The standard InChI is InChI=1S/C19H22N4O2/c20-17-5-1-4-14(11-17)15-10-16(13-21-12-15)19(25)22-7-3-9-23-8-2-6-18(23)24/h1,4-5,10-13H,2-3,6-9,20H2,(H,22,25). The van der Waals surface area contributed by atoms with Crippen LogP contribution >= 0.6 is 0 Å². The lowest BCUT2D eigenvalue weighted by molar-refractivity contribution is -0.127. The first kappa shape index (κ1) is 17.0. The predicted molar refractivity (Wildman–Crippen MR) is 96.8 cm³/mol. The van der Waals surface area contributed by atoms with Crippen LogP contribution in [0.3, 0.4) is 0 Å². The van der Waals surface area contributed by atoms with Gasteiger partial charge in [0.1, 0.15) is 0 Å². The van der Waals surface area contributed by atoms with Crippen molar-refractivity contribution >= 4 is 17.5 Å². The lowest BCUT2D eigenvalue weighted by Crippen LogP contribution is -2.30. The second-order valence-electron chi connectivity index (χ2n) is 6.18. The number of aromatic nitrogens is 1. The molecular weight excluding hydrogens is 316 g/mol. The van der Waals surface area contributed by atoms with Gasteiger partial charge in [-0.1, -0.05) is 12.1 Å². The molecule has 2 heterocycles. The number of nitrogen functional groups attached to an aromatic ring is 1. The Morgan fingerprint density at radius 3 is 2.88 bits per heavy atom. The van der Waals surface area contributed by atoms with E-state index in [2.05, 4.69) is 10.3 Å². The zero-order chi connectivity index (χ0) is 17.6. The van der Waals surface area contributed by atoms with Crippen LogP contribution < -0.4 is 11.1 Å². The minimum absolute atomic E-state index is 0.161. The summed E-state index contributed by atoms with van der Waals surface area (Å²) in [6.45, 7) is 2.06. The molecule has 25 heavy (non-hydrogen) atoms. The zero-order valence-corrected chi connectivity index (χ0v) is 14.1. The number of nitrogens with two attached hydrogens (primary N) is 1. The lowest BCUT2D eigenvalue weighted by atomic mass is 10.1. The SMILES string of the molecule is Nc1cccc(-c2cncc(C(=O)NCCCN3CCCC3=O)c2)c1. The van der Waals surface area contributed by atoms with Crippen molar-refractivity contribution in [3.63, 3.8) is 0 Å². The maximum atomic E-state index is 12.3. The van der Waals surface area contributed by atoms with E-state index in [1.54, 1.807) is 18.5 Å². The molecule has 1 saturated heterocycles. The van der Waals surface area contributed by atoms with Crippen molar-refractivity contribution in [1.82, 2.24) is 15.2 Å². The number of anilines is 1. The van der Waals surface area contributed by atoms with Gasteiger partial charge >= 0.3 is 0 Å². The molecule has 1 fully saturated rings. The Hall–Kier alpha value is -2.89. The van der Waals surface area contributed by atoms with E-state index in [0.29, 0.717) is 30.8 Å². The minimum Gasteiger partial charge on any atom is -0.399 e. The predicted octanol–water partition coefficient (Wildman–Crippen LogP) is 2.07. The number of hydrogen-bond donors (Lipinski definition) is 2. The third kappa shape index (κ3) is 4.35. The first-order valence-corrected chi connectivity index (χ1v) is 8.50. The Balaban J connectivity index is 1.55. The van der Waals surface area contributed by atoms with Gasteiger partial charge in [-0.2, -0.15) is 0 Å². The summed E-state index contributed by atoms with van der Waals surface area (Å²) in [6, 6.07) is 9.28. The molecule has 1 aromatic heterocycles. The summed E-state index contributed by atoms with van der Waals surface area (Å²) in [7, 11) is 0. The Morgan fingerprint density at radius 2 is 2.12 bits per heavy atom. The van der Waals surface area contributed by atoms with E-state index in [0.717, 1.165) is 30.5 Å². The van der Waals surface area contributed by atoms with E-state index in [1.807, 2.05) is 29.2 Å². The first-order chi connectivity index (χ1) is 12.1. The Morgan fingerprint density at radius 1 is 1.24 bits per heavy atom. The van der Waals surface area contributed by atoms with E-state index in [1.165, 1.54) is 0 Å². The van der Waals surface area contributed by atoms with Crippen LogP contribution in [-0.4, -0.2) is 41.3 Å². The van der Waals surface area contributed by atoms with Crippen LogP contribution in [0.4, 0.5) is 5.69 Å². The average Bonchev–Trinajstić information content (AvgIpc) is 3.03. The van der Waals surface area contributed by atoms with Crippen molar-refractivity contribution in [2.45, 2.75) is 19.3 Å². The van der Waals surface area contributed by atoms with E-state index >= 15 is 0 Å². The van der Waals surface area contributed by atoms with Gasteiger partial charge in [0.2, 0.25) is 5.91 Å². The van der Waals surface area contributed by atoms with Gasteiger partial charge in [0, 0.05) is 49.7 Å². The van der Waals surface area contributed by atoms with Crippen molar-refractivity contribution in [3.05, 3.63) is 48.3 Å². The van der Waals surface area contributed by atoms with Crippen molar-refractivity contribution in [2.75, 3.05) is 25.4 Å². The molecule has 0 aliphatic carbocycles. The maximum absolute atomic E-state index is 12.3. The lowest BCUT2D eigenvalue weighted by Gasteiger charge is -2.15. The maximum Gasteiger partial charge on any atom is 0.252 e. The van der Waals surface area contributed by atoms with Gasteiger partial charge in [0.25, 0.3) is 5.91 Å². The highest BCUT2D eigenvalue weighted by Gasteiger charge is 2.19. The summed E-state index contributed by atoms with van der Waals surface area (Å²) >= 11 is 0. The molecular formula is C19H22N4O2. The summed E-state index contributed by atoms with van der Waals surface area (Å²) in [6.07, 6.45) is 5.60. The molecule has 2 aromatic rings. The number of carbonyl (C=O) groups excluding carboxylic acids is 2. The summed E-state index contributed by atoms with van der Waals surface area (Å²) in [4.78, 5) is 29.9. The molecule has 1 aliphatic heterocycles. The fourth-order valence-electron chi connectivity index (χ4n) is 2.95. The summed E-state index contributed by atoms with van der Waals surface area (Å²) < 4.78 is 0. The molecule has 130 valence electrons. The van der Waals surface area contributed by atoms with Gasteiger partial charge in [-0.05, 0) is 36.6 Å². The average molecular weight is 338 g/mol. The summed E-state index contributed by atoms with van der Waals surface area (Å²) in [5.74, 6) is 0.0522. The summed E-state index contributed by atoms with van der Waals surface area (Å²) in [5, 5.41) is 2.89. The third-order valence-electron chi connectivity index (χ3n) is 4.28. The number of amides is 2. The second-order valence-corrected chi connectivity index (χ2v) is 6.18. The van der Waals surface area contributed by atoms with Crippen molar-refractivity contribution in [2.24, 2.45) is 0 Å². The number of likely N-dealkylation sites (tertiary alicyclic amines) is 1. The molecule has 0 unspecified atom stereocenters. The first-order valence-electron chi connectivity index (χ1n) is 8.50. The van der Waals surface area contributed by atoms with Gasteiger partial charge in [0.05, 0.1) is 5.56 Å². The van der Waals surface area contributed by atoms with Gasteiger partial charge in [0.15, 0.2) is 0 Å². The normalized spacial score (nSPS) is 13.9. The van der Waals surface area contributed by atoms with Crippen LogP contribution in [-0.2, 0) is 4.79 Å². The molecule has 6 nitrogen and oxygen atoms in total. The third-order valence-corrected chi connectivity index (χ3v) is 4.28. The van der Waals surface area contributed by atoms with E-state index in [4.69, 9.17) is 5.73 Å². The van der Waals surface area contributed by atoms with Crippen LogP contribution in [0.1, 0.15) is 29.6 Å². The number of carbonyl (C=O) groups is 2. The number of pyridine rings is 1.